The average molecular weight is 269 g/mol. The van der Waals surface area contributed by atoms with Crippen LogP contribution in [0.1, 0.15) is 41.5 Å². The van der Waals surface area contributed by atoms with Crippen molar-refractivity contribution in [2.45, 2.75) is 58.8 Å². The minimum Gasteiger partial charge on any atom is -0.444 e. The number of hydrogen-bond acceptors (Lipinski definition) is 4. The molecule has 1 heterocycles. The number of carbonyl (C=O) groups excluding carboxylic acids is 1. The molecule has 0 aromatic carbocycles. The highest BCUT2D eigenvalue weighted by atomic mass is 16.7. The number of amides is 1. The Morgan fingerprint density at radius 1 is 1.47 bits per heavy atom. The summed E-state index contributed by atoms with van der Waals surface area (Å²) < 4.78 is 16.4. The zero-order chi connectivity index (χ0) is 14.7. The fourth-order valence-electron chi connectivity index (χ4n) is 1.51. The Morgan fingerprint density at radius 2 is 2.11 bits per heavy atom. The Labute approximate surface area is 115 Å². The Hall–Kier alpha value is -1.01. The van der Waals surface area contributed by atoms with Crippen molar-refractivity contribution >= 4 is 13.2 Å². The van der Waals surface area contributed by atoms with Crippen LogP contribution in [0.3, 0.4) is 0 Å². The molecule has 0 aromatic heterocycles. The fraction of sp³-hybridized carbons (Fsp3) is 0.769. The SMILES string of the molecule is CC1OB(/C=C/CNC(=O)OC(C)(C)C)OC1(C)C. The molecular formula is C13H24BNO4. The van der Waals surface area contributed by atoms with Gasteiger partial charge < -0.3 is 19.4 Å². The van der Waals surface area contributed by atoms with E-state index in [-0.39, 0.29) is 18.8 Å². The van der Waals surface area contributed by atoms with E-state index in [2.05, 4.69) is 5.32 Å². The first kappa shape index (κ1) is 16.1. The molecule has 1 rings (SSSR count). The van der Waals surface area contributed by atoms with Gasteiger partial charge in [0, 0.05) is 6.54 Å². The zero-order valence-corrected chi connectivity index (χ0v) is 12.6. The Morgan fingerprint density at radius 3 is 2.58 bits per heavy atom. The van der Waals surface area contributed by atoms with Gasteiger partial charge in [-0.15, -0.1) is 0 Å². The van der Waals surface area contributed by atoms with E-state index in [1.54, 1.807) is 12.1 Å². The summed E-state index contributed by atoms with van der Waals surface area (Å²) in [4.78, 5) is 11.4. The third-order valence-corrected chi connectivity index (χ3v) is 2.79. The van der Waals surface area contributed by atoms with Crippen LogP contribution in [-0.4, -0.2) is 37.1 Å². The minimum absolute atomic E-state index is 0.0426. The smallest absolute Gasteiger partial charge is 0.444 e. The van der Waals surface area contributed by atoms with Gasteiger partial charge >= 0.3 is 13.2 Å². The van der Waals surface area contributed by atoms with Gasteiger partial charge in [-0.2, -0.15) is 0 Å². The lowest BCUT2D eigenvalue weighted by atomic mass is 9.90. The van der Waals surface area contributed by atoms with E-state index in [0.717, 1.165) is 0 Å². The van der Waals surface area contributed by atoms with Gasteiger partial charge in [0.1, 0.15) is 5.60 Å². The van der Waals surface area contributed by atoms with Crippen molar-refractivity contribution in [3.63, 3.8) is 0 Å². The molecule has 0 saturated carbocycles. The van der Waals surface area contributed by atoms with Gasteiger partial charge in [-0.1, -0.05) is 12.1 Å². The van der Waals surface area contributed by atoms with Crippen molar-refractivity contribution in [2.24, 2.45) is 0 Å². The summed E-state index contributed by atoms with van der Waals surface area (Å²) in [5.74, 6) is 1.79. The monoisotopic (exact) mass is 269 g/mol. The molecule has 0 aliphatic carbocycles. The molecule has 19 heavy (non-hydrogen) atoms. The largest absolute Gasteiger partial charge is 0.486 e. The normalized spacial score (nSPS) is 22.8. The third-order valence-electron chi connectivity index (χ3n) is 2.79. The summed E-state index contributed by atoms with van der Waals surface area (Å²) >= 11 is 0. The van der Waals surface area contributed by atoms with Gasteiger partial charge in [-0.3, -0.25) is 0 Å². The lowest BCUT2D eigenvalue weighted by Gasteiger charge is -2.21. The van der Waals surface area contributed by atoms with Crippen molar-refractivity contribution in [2.75, 3.05) is 6.54 Å². The highest BCUT2D eigenvalue weighted by molar-refractivity contribution is 6.51. The van der Waals surface area contributed by atoms with Gasteiger partial charge in [-0.05, 0) is 41.5 Å². The predicted molar refractivity (Wildman–Crippen MR) is 74.8 cm³/mol. The maximum atomic E-state index is 11.4. The summed E-state index contributed by atoms with van der Waals surface area (Å²) in [6.07, 6.45) is 1.41. The summed E-state index contributed by atoms with van der Waals surface area (Å²) in [5.41, 5.74) is -0.765. The summed E-state index contributed by atoms with van der Waals surface area (Å²) in [7, 11) is -0.356. The van der Waals surface area contributed by atoms with Crippen LogP contribution in [0.25, 0.3) is 0 Å². The lowest BCUT2D eigenvalue weighted by molar-refractivity contribution is 0.0534. The van der Waals surface area contributed by atoms with Crippen molar-refractivity contribution in [3.05, 3.63) is 12.1 Å². The van der Waals surface area contributed by atoms with Crippen LogP contribution in [0.15, 0.2) is 12.1 Å². The first-order valence-corrected chi connectivity index (χ1v) is 6.57. The van der Waals surface area contributed by atoms with E-state index >= 15 is 0 Å². The zero-order valence-electron chi connectivity index (χ0n) is 12.6. The molecule has 0 bridgehead atoms. The van der Waals surface area contributed by atoms with Crippen LogP contribution >= 0.6 is 0 Å². The highest BCUT2D eigenvalue weighted by Crippen LogP contribution is 2.27. The second kappa shape index (κ2) is 5.97. The van der Waals surface area contributed by atoms with Gasteiger partial charge in [0.25, 0.3) is 0 Å². The number of alkyl carbamates (subject to hydrolysis) is 1. The average Bonchev–Trinajstić information content (AvgIpc) is 2.45. The Bertz CT molecular complexity index is 349. The topological polar surface area (TPSA) is 56.8 Å². The Kier molecular flexibility index (Phi) is 5.04. The van der Waals surface area contributed by atoms with E-state index in [9.17, 15) is 4.79 Å². The molecule has 1 aliphatic heterocycles. The number of rotatable bonds is 3. The second-order valence-corrected chi connectivity index (χ2v) is 6.18. The lowest BCUT2D eigenvalue weighted by Crippen LogP contribution is -2.32. The van der Waals surface area contributed by atoms with E-state index in [1.165, 1.54) is 0 Å². The minimum atomic E-state index is -0.481. The maximum Gasteiger partial charge on any atom is 0.486 e. The van der Waals surface area contributed by atoms with Gasteiger partial charge in [0.15, 0.2) is 0 Å². The molecule has 108 valence electrons. The van der Waals surface area contributed by atoms with Gasteiger partial charge in [-0.25, -0.2) is 4.79 Å². The molecule has 1 amide bonds. The van der Waals surface area contributed by atoms with Crippen molar-refractivity contribution < 1.29 is 18.8 Å². The first-order chi connectivity index (χ1) is 8.60. The van der Waals surface area contributed by atoms with E-state index in [1.807, 2.05) is 41.5 Å². The van der Waals surface area contributed by atoms with E-state index < -0.39 is 11.7 Å². The Balaban J connectivity index is 2.27. The standard InChI is InChI=1S/C13H24BNO4/c1-10-13(5,6)19-14(18-10)8-7-9-15-11(16)17-12(2,3)4/h7-8,10H,9H2,1-6H3,(H,15,16)/b8-7+. The molecule has 0 aromatic rings. The molecule has 1 unspecified atom stereocenters. The third kappa shape index (κ3) is 5.65. The molecule has 5 nitrogen and oxygen atoms in total. The second-order valence-electron chi connectivity index (χ2n) is 6.18. The van der Waals surface area contributed by atoms with Crippen LogP contribution in [0.2, 0.25) is 0 Å². The molecule has 6 heteroatoms. The molecule has 1 aliphatic rings. The summed E-state index contributed by atoms with van der Waals surface area (Å²) in [5, 5.41) is 2.64. The molecule has 0 radical (unpaired) electrons. The van der Waals surface area contributed by atoms with Crippen molar-refractivity contribution in [1.29, 1.82) is 0 Å². The first-order valence-electron chi connectivity index (χ1n) is 6.57. The molecule has 0 spiro atoms. The van der Waals surface area contributed by atoms with E-state index in [4.69, 9.17) is 14.0 Å². The van der Waals surface area contributed by atoms with Crippen LogP contribution in [0, 0.1) is 0 Å². The fourth-order valence-corrected chi connectivity index (χ4v) is 1.51. The number of hydrogen-bond donors (Lipinski definition) is 1. The van der Waals surface area contributed by atoms with E-state index in [0.29, 0.717) is 6.54 Å². The molecular weight excluding hydrogens is 245 g/mol. The molecule has 1 N–H and O–H groups in total. The van der Waals surface area contributed by atoms with Crippen LogP contribution in [0.4, 0.5) is 4.79 Å². The maximum absolute atomic E-state index is 11.4. The molecule has 1 saturated heterocycles. The number of nitrogens with one attached hydrogen (secondary N) is 1. The highest BCUT2D eigenvalue weighted by Gasteiger charge is 2.41. The summed E-state index contributed by atoms with van der Waals surface area (Å²) in [6.45, 7) is 11.8. The van der Waals surface area contributed by atoms with Crippen molar-refractivity contribution in [1.82, 2.24) is 5.32 Å². The number of ether oxygens (including phenoxy) is 1. The van der Waals surface area contributed by atoms with Crippen LogP contribution in [0.5, 0.6) is 0 Å². The predicted octanol–water partition coefficient (Wildman–Crippen LogP) is 2.31. The molecule has 1 atom stereocenters. The summed E-state index contributed by atoms with van der Waals surface area (Å²) in [6, 6.07) is 0. The van der Waals surface area contributed by atoms with Gasteiger partial charge in [0.2, 0.25) is 0 Å². The van der Waals surface area contributed by atoms with Crippen LogP contribution < -0.4 is 5.32 Å². The number of carbonyl (C=O) groups is 1. The van der Waals surface area contributed by atoms with Gasteiger partial charge in [0.05, 0.1) is 11.7 Å². The van der Waals surface area contributed by atoms with Crippen LogP contribution in [-0.2, 0) is 14.0 Å². The molecule has 1 fully saturated rings. The van der Waals surface area contributed by atoms with Crippen molar-refractivity contribution in [3.8, 4) is 0 Å². The quantitative estimate of drug-likeness (QED) is 0.799.